The summed E-state index contributed by atoms with van der Waals surface area (Å²) in [5, 5.41) is -2.69. The summed E-state index contributed by atoms with van der Waals surface area (Å²) in [6.45, 7) is 5.31. The van der Waals surface area contributed by atoms with Gasteiger partial charge in [-0.3, -0.25) is 4.72 Å². The van der Waals surface area contributed by atoms with Crippen molar-refractivity contribution in [3.8, 4) is 0 Å². The number of ether oxygens (including phenoxy) is 8. The van der Waals surface area contributed by atoms with Crippen LogP contribution in [0.15, 0.2) is 120 Å². The smallest absolute Gasteiger partial charge is 0.463 e. The zero-order valence-corrected chi connectivity index (χ0v) is 49.5. The number of carbonyl (C=O) groups is 6. The van der Waals surface area contributed by atoms with Gasteiger partial charge in [0.25, 0.3) is 0 Å². The molecule has 0 bridgehead atoms. The molecular formula is C54H59Cl2F2IN2O18S2. The van der Waals surface area contributed by atoms with Crippen molar-refractivity contribution in [3.63, 3.8) is 0 Å². The molecule has 0 saturated carbocycles. The quantitative estimate of drug-likeness (QED) is 0.0267. The minimum atomic E-state index is -4.47. The van der Waals surface area contributed by atoms with Gasteiger partial charge in [-0.15, -0.1) is 0 Å². The van der Waals surface area contributed by atoms with Gasteiger partial charge in [0.2, 0.25) is 20.0 Å². The normalized spacial score (nSPS) is 15.5. The Morgan fingerprint density at radius 3 is 1.56 bits per heavy atom. The van der Waals surface area contributed by atoms with E-state index in [-0.39, 0.29) is 70.0 Å². The van der Waals surface area contributed by atoms with E-state index in [0.29, 0.717) is 36.4 Å². The van der Waals surface area contributed by atoms with E-state index in [1.165, 1.54) is 26.0 Å². The topological polar surface area (TPSA) is 260 Å². The summed E-state index contributed by atoms with van der Waals surface area (Å²) < 4.78 is 122. The second-order valence-corrected chi connectivity index (χ2v) is 22.4. The molecule has 2 aliphatic rings. The predicted octanol–water partition coefficient (Wildman–Crippen LogP) is 10.8. The number of allylic oxidation sites excluding steroid dienone is 2. The average molecular weight is 1320 g/mol. The molecule has 4 aromatic rings. The van der Waals surface area contributed by atoms with E-state index in [1.807, 2.05) is 52.9 Å². The van der Waals surface area contributed by atoms with Crippen molar-refractivity contribution in [2.24, 2.45) is 0 Å². The molecule has 2 unspecified atom stereocenters. The van der Waals surface area contributed by atoms with E-state index in [0.717, 1.165) is 41.5 Å². The Morgan fingerprint density at radius 2 is 1.09 bits per heavy atom. The summed E-state index contributed by atoms with van der Waals surface area (Å²) in [5.74, 6) is -4.17. The first-order valence-electron chi connectivity index (χ1n) is 24.8. The first kappa shape index (κ1) is 67.0. The highest BCUT2D eigenvalue weighted by atomic mass is 127. The van der Waals surface area contributed by atoms with Gasteiger partial charge in [0.15, 0.2) is 18.9 Å². The third kappa shape index (κ3) is 21.4. The fraction of sp³-hybridized carbons (Fsp3) is 0.370. The number of halogens is 5. The predicted molar refractivity (Wildman–Crippen MR) is 302 cm³/mol. The van der Waals surface area contributed by atoms with Crippen LogP contribution < -0.4 is 9.03 Å². The lowest BCUT2D eigenvalue weighted by molar-refractivity contribution is -0.155. The number of sulfonamides is 2. The van der Waals surface area contributed by atoms with E-state index in [9.17, 15) is 54.4 Å². The molecule has 4 aromatic carbocycles. The van der Waals surface area contributed by atoms with Crippen LogP contribution in [0.2, 0.25) is 10.0 Å². The van der Waals surface area contributed by atoms with Crippen LogP contribution in [0.3, 0.4) is 0 Å². The molecule has 27 heteroatoms. The van der Waals surface area contributed by atoms with Crippen LogP contribution in [0.1, 0.15) is 77.3 Å². The first-order chi connectivity index (χ1) is 38.5. The highest BCUT2D eigenvalue weighted by molar-refractivity contribution is 14.1. The van der Waals surface area contributed by atoms with Crippen LogP contribution in [0.4, 0.5) is 29.7 Å². The minimum absolute atomic E-state index is 0.0391. The lowest BCUT2D eigenvalue weighted by Crippen LogP contribution is -2.44. The van der Waals surface area contributed by atoms with Crippen molar-refractivity contribution in [2.75, 3.05) is 33.6 Å². The minimum Gasteiger partial charge on any atom is -0.463 e. The molecule has 2 aliphatic carbocycles. The third-order valence-corrected chi connectivity index (χ3v) is 16.1. The van der Waals surface area contributed by atoms with Crippen LogP contribution in [-0.4, -0.2) is 100 Å². The van der Waals surface area contributed by atoms with Gasteiger partial charge in [-0.1, -0.05) is 96.0 Å². The largest absolute Gasteiger partial charge is 0.510 e. The van der Waals surface area contributed by atoms with E-state index >= 15 is 0 Å². The second kappa shape index (κ2) is 33.4. The fourth-order valence-electron chi connectivity index (χ4n) is 7.40. The number of alkyl halides is 1. The molecule has 0 aliphatic heterocycles. The van der Waals surface area contributed by atoms with Crippen molar-refractivity contribution in [3.05, 3.63) is 153 Å². The molecule has 20 nitrogen and oxygen atoms in total. The maximum absolute atomic E-state index is 13.8. The van der Waals surface area contributed by atoms with Crippen molar-refractivity contribution in [2.45, 2.75) is 102 Å². The number of hydrogen-bond acceptors (Lipinski definition) is 18. The first-order valence-corrected chi connectivity index (χ1v) is 30.2. The molecule has 6 rings (SSSR count). The standard InChI is InChI=1S/C27H29ClFNO9S.C15H17ClFNO4S.C12H13IO5/c1-3-36-26(32)21-11-7-8-12-24(21)40(34,35)30(23-14-13-20(29)15-22(23)28)17-38-27(33)39-18(2)25(31)37-16-19-9-5-4-6-10-19;1-2-22-15(19)11-5-3-4-6-14(11)23(20,21)18-13-8-7-10(17)9-12(13)16;1-9(18-12(15)17-8-13)11(14)16-7-10-5-3-2-4-6-10/h4-6,9-11,13-15,18,24H,3,7-8,12,16-17H2,1-2H3;5,7-9,14,18H,2-4,6H2,1H3;2-6,9H,7-8H2,1H3/t18-,24?;;9-/m0.0/s1. The Bertz CT molecular complexity index is 3090. The summed E-state index contributed by atoms with van der Waals surface area (Å²) >= 11 is 13.9. The van der Waals surface area contributed by atoms with Crippen molar-refractivity contribution in [1.29, 1.82) is 0 Å². The van der Waals surface area contributed by atoms with Crippen molar-refractivity contribution in [1.82, 2.24) is 0 Å². The average Bonchev–Trinajstić information content (AvgIpc) is 3.55. The number of nitrogens with zero attached hydrogens (tertiary/aromatic N) is 1. The van der Waals surface area contributed by atoms with Gasteiger partial charge in [0, 0.05) is 0 Å². The molecule has 0 amide bonds. The number of esters is 4. The number of carbonyl (C=O) groups excluding carboxylic acids is 6. The van der Waals surface area contributed by atoms with Gasteiger partial charge in [-0.2, -0.15) is 0 Å². The Kier molecular flexibility index (Phi) is 27.6. The van der Waals surface area contributed by atoms with E-state index in [4.69, 9.17) is 56.4 Å². The van der Waals surface area contributed by atoms with E-state index < -0.39 is 97.3 Å². The number of hydrogen-bond donors (Lipinski definition) is 1. The van der Waals surface area contributed by atoms with Crippen LogP contribution in [0.25, 0.3) is 0 Å². The van der Waals surface area contributed by atoms with Crippen LogP contribution in [-0.2, 0) is 90.3 Å². The van der Waals surface area contributed by atoms with Gasteiger partial charge < -0.3 is 37.9 Å². The number of rotatable bonds is 21. The van der Waals surface area contributed by atoms with Crippen molar-refractivity contribution < 1.29 is 92.3 Å². The number of nitrogens with one attached hydrogen (secondary N) is 1. The molecule has 440 valence electrons. The van der Waals surface area contributed by atoms with Gasteiger partial charge in [0.1, 0.15) is 40.0 Å². The summed E-state index contributed by atoms with van der Waals surface area (Å²) in [6, 6.07) is 24.4. The summed E-state index contributed by atoms with van der Waals surface area (Å²) in [7, 11) is -8.38. The van der Waals surface area contributed by atoms with Gasteiger partial charge >= 0.3 is 36.2 Å². The Morgan fingerprint density at radius 1 is 0.630 bits per heavy atom. The lowest BCUT2D eigenvalue weighted by atomic mass is 9.99. The monoisotopic (exact) mass is 1320 g/mol. The Hall–Kier alpha value is -6.55. The highest BCUT2D eigenvalue weighted by Crippen LogP contribution is 2.35. The molecule has 0 saturated heterocycles. The molecule has 0 radical (unpaired) electrons. The molecule has 4 atom stereocenters. The maximum Gasteiger partial charge on any atom is 0.510 e. The molecule has 1 N–H and O–H groups in total. The van der Waals surface area contributed by atoms with Crippen LogP contribution in [0.5, 0.6) is 0 Å². The van der Waals surface area contributed by atoms with E-state index in [2.05, 4.69) is 9.46 Å². The fourth-order valence-corrected chi connectivity index (χ4v) is 11.8. The molecule has 0 fully saturated rings. The Balaban J connectivity index is 0.000000290. The third-order valence-electron chi connectivity index (χ3n) is 11.3. The van der Waals surface area contributed by atoms with Gasteiger partial charge in [-0.05, 0) is 136 Å². The lowest BCUT2D eigenvalue weighted by Gasteiger charge is -2.31. The molecule has 0 spiro atoms. The van der Waals surface area contributed by atoms with Crippen molar-refractivity contribution >= 4 is 113 Å². The highest BCUT2D eigenvalue weighted by Gasteiger charge is 2.41. The van der Waals surface area contributed by atoms with Gasteiger partial charge in [0.05, 0.1) is 45.8 Å². The Labute approximate surface area is 491 Å². The van der Waals surface area contributed by atoms with E-state index in [1.54, 1.807) is 50.3 Å². The number of benzene rings is 4. The molecular weight excluding hydrogens is 1260 g/mol. The second-order valence-electron chi connectivity index (χ2n) is 17.1. The maximum atomic E-state index is 13.8. The SMILES string of the molecule is CCOC(=O)C1=CCCCC1S(=O)(=O)N(COC(=O)O[C@@H](C)C(=O)OCc1ccccc1)c1ccc(F)cc1Cl.CCOC(=O)C1=CCCCC1S(=O)(=O)Nc1ccc(F)cc1Cl.C[C@H](OC(=O)OCI)C(=O)OCc1ccccc1. The van der Waals surface area contributed by atoms with Crippen LogP contribution in [0, 0.1) is 11.6 Å². The molecule has 81 heavy (non-hydrogen) atoms. The number of anilines is 2. The summed E-state index contributed by atoms with van der Waals surface area (Å²) in [5.41, 5.74) is 1.54. The van der Waals surface area contributed by atoms with Crippen LogP contribution >= 0.6 is 45.8 Å². The zero-order valence-electron chi connectivity index (χ0n) is 44.2. The zero-order chi connectivity index (χ0) is 59.7. The summed E-state index contributed by atoms with van der Waals surface area (Å²) in [4.78, 5) is 71.6. The molecule has 0 heterocycles. The molecule has 0 aromatic heterocycles. The summed E-state index contributed by atoms with van der Waals surface area (Å²) in [6.07, 6.45) is 1.07. The van der Waals surface area contributed by atoms with Gasteiger partial charge in [-0.25, -0.2) is 58.7 Å².